The molecule has 2 N–H and O–H groups in total. The van der Waals surface area contributed by atoms with Crippen molar-refractivity contribution in [3.63, 3.8) is 0 Å². The van der Waals surface area contributed by atoms with Gasteiger partial charge in [0.1, 0.15) is 5.82 Å². The summed E-state index contributed by atoms with van der Waals surface area (Å²) in [5.74, 6) is 0.700. The van der Waals surface area contributed by atoms with Crippen LogP contribution in [-0.2, 0) is 0 Å². The van der Waals surface area contributed by atoms with Gasteiger partial charge < -0.3 is 5.73 Å². The number of hydrogen-bond donors (Lipinski definition) is 1. The molecule has 1 aliphatic carbocycles. The van der Waals surface area contributed by atoms with Gasteiger partial charge in [0.25, 0.3) is 5.91 Å². The summed E-state index contributed by atoms with van der Waals surface area (Å²) in [7, 11) is 0. The van der Waals surface area contributed by atoms with Crippen molar-refractivity contribution in [2.75, 3.05) is 17.2 Å². The summed E-state index contributed by atoms with van der Waals surface area (Å²) in [6.07, 6.45) is 7.84. The van der Waals surface area contributed by atoms with E-state index in [1.165, 1.54) is 22.3 Å². The first-order valence-electron chi connectivity index (χ1n) is 9.82. The number of fused-ring (bicyclic) bond motifs is 2. The molecule has 0 spiro atoms. The predicted molar refractivity (Wildman–Crippen MR) is 115 cm³/mol. The number of allylic oxidation sites excluding steroid dienone is 4. The summed E-state index contributed by atoms with van der Waals surface area (Å²) >= 11 is 0. The van der Waals surface area contributed by atoms with Crippen LogP contribution in [-0.4, -0.2) is 17.4 Å². The van der Waals surface area contributed by atoms with Crippen molar-refractivity contribution < 1.29 is 4.79 Å². The van der Waals surface area contributed by atoms with Crippen LogP contribution in [0.2, 0.25) is 0 Å². The number of pyridine rings is 1. The van der Waals surface area contributed by atoms with Gasteiger partial charge >= 0.3 is 0 Å². The van der Waals surface area contributed by atoms with Crippen LogP contribution in [0.15, 0.2) is 72.0 Å². The lowest BCUT2D eigenvalue weighted by molar-refractivity contribution is 0.0986. The third kappa shape index (κ3) is 3.26. The lowest BCUT2D eigenvalue weighted by atomic mass is 9.97. The number of nitrogen functional groups attached to an aromatic ring is 1. The molecule has 4 nitrogen and oxygen atoms in total. The minimum Gasteiger partial charge on any atom is -0.399 e. The summed E-state index contributed by atoms with van der Waals surface area (Å²) in [4.78, 5) is 19.6. The van der Waals surface area contributed by atoms with Gasteiger partial charge in [-0.1, -0.05) is 31.6 Å². The minimum absolute atomic E-state index is 0.0410. The molecule has 1 aliphatic heterocycles. The smallest absolute Gasteiger partial charge is 0.259 e. The Hall–Kier alpha value is -3.14. The molecule has 142 valence electrons. The van der Waals surface area contributed by atoms with Crippen LogP contribution in [0.1, 0.15) is 48.5 Å². The zero-order chi connectivity index (χ0) is 19.7. The number of rotatable bonds is 4. The Bertz CT molecular complexity index is 999. The first-order chi connectivity index (χ1) is 13.6. The van der Waals surface area contributed by atoms with Crippen molar-refractivity contribution in [3.8, 4) is 0 Å². The first-order valence-corrected chi connectivity index (χ1v) is 9.82. The number of aromatic nitrogens is 1. The van der Waals surface area contributed by atoms with Crippen molar-refractivity contribution in [2.45, 2.75) is 32.6 Å². The number of hydrogen-bond acceptors (Lipinski definition) is 3. The van der Waals surface area contributed by atoms with E-state index in [1.807, 2.05) is 6.07 Å². The first kappa shape index (κ1) is 18.2. The van der Waals surface area contributed by atoms with E-state index in [0.29, 0.717) is 17.8 Å². The van der Waals surface area contributed by atoms with Crippen molar-refractivity contribution in [1.29, 1.82) is 0 Å². The Morgan fingerprint density at radius 2 is 2.04 bits per heavy atom. The van der Waals surface area contributed by atoms with Crippen LogP contribution < -0.4 is 10.6 Å². The predicted octanol–water partition coefficient (Wildman–Crippen LogP) is 5.15. The topological polar surface area (TPSA) is 59.2 Å². The zero-order valence-corrected chi connectivity index (χ0v) is 16.2. The fourth-order valence-corrected chi connectivity index (χ4v) is 4.00. The van der Waals surface area contributed by atoms with E-state index >= 15 is 0 Å². The highest BCUT2D eigenvalue weighted by Gasteiger charge is 2.29. The van der Waals surface area contributed by atoms with E-state index in [1.54, 1.807) is 35.4 Å². The summed E-state index contributed by atoms with van der Waals surface area (Å²) in [6.45, 7) is 7.06. The maximum Gasteiger partial charge on any atom is 0.259 e. The quantitative estimate of drug-likeness (QED) is 0.756. The number of nitrogens with zero attached hydrogens (tertiary/aromatic N) is 2. The zero-order valence-electron chi connectivity index (χ0n) is 16.2. The van der Waals surface area contributed by atoms with Crippen molar-refractivity contribution >= 4 is 23.0 Å². The van der Waals surface area contributed by atoms with E-state index in [2.05, 4.69) is 30.6 Å². The second-order valence-corrected chi connectivity index (χ2v) is 7.41. The van der Waals surface area contributed by atoms with E-state index in [0.717, 1.165) is 37.1 Å². The Labute approximate surface area is 166 Å². The number of carbonyl (C=O) groups excluding carboxylic acids is 1. The molecule has 4 rings (SSSR count). The van der Waals surface area contributed by atoms with Gasteiger partial charge in [0, 0.05) is 29.6 Å². The molecule has 2 aliphatic rings. The standard InChI is InChI=1S/C24H25N3O/c1-3-5-16(2)19-14-18-11-13-27(24(28)17-7-9-20(25)10-8-17)23-21(22(18)15-19)6-4-12-26-23/h4,6-10,12,14H,2-3,5,11,13,15,25H2,1H3. The molecule has 0 saturated heterocycles. The normalized spacial score (nSPS) is 15.6. The number of amides is 1. The second kappa shape index (κ2) is 7.47. The molecule has 1 amide bonds. The monoisotopic (exact) mass is 371 g/mol. The van der Waals surface area contributed by atoms with Crippen molar-refractivity contribution in [3.05, 3.63) is 83.1 Å². The fourth-order valence-electron chi connectivity index (χ4n) is 4.00. The molecule has 1 aromatic carbocycles. The molecule has 0 bridgehead atoms. The fraction of sp³-hybridized carbons (Fsp3) is 0.250. The molecular formula is C24H25N3O. The lowest BCUT2D eigenvalue weighted by Gasteiger charge is -2.22. The Kier molecular flexibility index (Phi) is 4.86. The summed E-state index contributed by atoms with van der Waals surface area (Å²) in [5, 5.41) is 0. The van der Waals surface area contributed by atoms with Gasteiger partial charge in [-0.25, -0.2) is 4.98 Å². The molecule has 0 fully saturated rings. The number of anilines is 2. The molecular weight excluding hydrogens is 346 g/mol. The van der Waals surface area contributed by atoms with E-state index < -0.39 is 0 Å². The Morgan fingerprint density at radius 3 is 2.79 bits per heavy atom. The number of nitrogens with two attached hydrogens (primary N) is 1. The van der Waals surface area contributed by atoms with Gasteiger partial charge in [0.15, 0.2) is 0 Å². The minimum atomic E-state index is -0.0410. The highest BCUT2D eigenvalue weighted by molar-refractivity contribution is 6.07. The van der Waals surface area contributed by atoms with Gasteiger partial charge in [-0.15, -0.1) is 0 Å². The van der Waals surface area contributed by atoms with Gasteiger partial charge in [0.05, 0.1) is 0 Å². The van der Waals surface area contributed by atoms with Crippen molar-refractivity contribution in [2.24, 2.45) is 0 Å². The largest absolute Gasteiger partial charge is 0.399 e. The summed E-state index contributed by atoms with van der Waals surface area (Å²) in [5.41, 5.74) is 13.2. The molecule has 2 aromatic rings. The number of carbonyl (C=O) groups is 1. The second-order valence-electron chi connectivity index (χ2n) is 7.41. The van der Waals surface area contributed by atoms with Gasteiger partial charge in [-0.2, -0.15) is 0 Å². The van der Waals surface area contributed by atoms with E-state index in [9.17, 15) is 4.79 Å². The maximum absolute atomic E-state index is 13.2. The summed E-state index contributed by atoms with van der Waals surface area (Å²) in [6, 6.07) is 11.1. The molecule has 28 heavy (non-hydrogen) atoms. The molecule has 0 radical (unpaired) electrons. The average molecular weight is 371 g/mol. The van der Waals surface area contributed by atoms with Gasteiger partial charge in [0.2, 0.25) is 0 Å². The molecule has 0 atom stereocenters. The lowest BCUT2D eigenvalue weighted by Crippen LogP contribution is -2.32. The van der Waals surface area contributed by atoms with Gasteiger partial charge in [-0.05, 0) is 72.4 Å². The van der Waals surface area contributed by atoms with Crippen LogP contribution in [0.5, 0.6) is 0 Å². The van der Waals surface area contributed by atoms with Crippen LogP contribution in [0.4, 0.5) is 11.5 Å². The molecule has 0 saturated carbocycles. The Morgan fingerprint density at radius 1 is 1.25 bits per heavy atom. The molecule has 2 heterocycles. The molecule has 4 heteroatoms. The highest BCUT2D eigenvalue weighted by Crippen LogP contribution is 2.43. The van der Waals surface area contributed by atoms with Crippen LogP contribution >= 0.6 is 0 Å². The Balaban J connectivity index is 1.68. The van der Waals surface area contributed by atoms with Crippen molar-refractivity contribution in [1.82, 2.24) is 4.98 Å². The number of benzene rings is 1. The molecule has 0 unspecified atom stereocenters. The van der Waals surface area contributed by atoms with Crippen LogP contribution in [0.3, 0.4) is 0 Å². The average Bonchev–Trinajstić information content (AvgIpc) is 3.07. The maximum atomic E-state index is 13.2. The molecule has 1 aromatic heterocycles. The van der Waals surface area contributed by atoms with Crippen LogP contribution in [0.25, 0.3) is 5.57 Å². The third-order valence-corrected chi connectivity index (χ3v) is 5.48. The third-order valence-electron chi connectivity index (χ3n) is 5.48. The van der Waals surface area contributed by atoms with Gasteiger partial charge in [-0.3, -0.25) is 9.69 Å². The SMILES string of the molecule is C=C(CCC)C1=CC2=C(C1)c1cccnc1N(C(=O)c1ccc(N)cc1)CC2. The van der Waals surface area contributed by atoms with E-state index in [-0.39, 0.29) is 5.91 Å². The highest BCUT2D eigenvalue weighted by atomic mass is 16.2. The summed E-state index contributed by atoms with van der Waals surface area (Å²) < 4.78 is 0. The van der Waals surface area contributed by atoms with Crippen LogP contribution in [0, 0.1) is 0 Å². The van der Waals surface area contributed by atoms with E-state index in [4.69, 9.17) is 5.73 Å².